The number of carbonyl (C=O) groups is 2. The minimum Gasteiger partial charge on any atom is -0.362 e. The van der Waals surface area contributed by atoms with Crippen molar-refractivity contribution >= 4 is 11.8 Å². The Morgan fingerprint density at radius 1 is 1.23 bits per heavy atom. The van der Waals surface area contributed by atoms with Crippen molar-refractivity contribution in [3.63, 3.8) is 0 Å². The highest BCUT2D eigenvalue weighted by Crippen LogP contribution is 2.12. The van der Waals surface area contributed by atoms with E-state index in [4.69, 9.17) is 4.74 Å². The molecule has 4 heteroatoms. The number of imide groups is 1. The molecule has 0 aromatic heterocycles. The Hall–Kier alpha value is -0.900. The van der Waals surface area contributed by atoms with Crippen LogP contribution in [-0.4, -0.2) is 36.0 Å². The van der Waals surface area contributed by atoms with Gasteiger partial charge in [-0.2, -0.15) is 0 Å². The SMILES string of the molecule is CCC(CC)N1C(=O)COCC1=O. The first-order chi connectivity index (χ1) is 6.20. The molecule has 2 amide bonds. The summed E-state index contributed by atoms with van der Waals surface area (Å²) in [6, 6.07) is 0.0453. The summed E-state index contributed by atoms with van der Waals surface area (Å²) >= 11 is 0. The molecule has 0 N–H and O–H groups in total. The Morgan fingerprint density at radius 3 is 2.08 bits per heavy atom. The molecule has 1 saturated heterocycles. The molecule has 0 saturated carbocycles. The third-order valence-corrected chi connectivity index (χ3v) is 2.30. The lowest BCUT2D eigenvalue weighted by Crippen LogP contribution is -2.51. The van der Waals surface area contributed by atoms with Crippen LogP contribution in [0.3, 0.4) is 0 Å². The molecular formula is C9H15NO3. The number of morpholine rings is 1. The normalized spacial score (nSPS) is 18.5. The summed E-state index contributed by atoms with van der Waals surface area (Å²) in [6.07, 6.45) is 1.63. The first-order valence-corrected chi connectivity index (χ1v) is 4.63. The van der Waals surface area contributed by atoms with Crippen LogP contribution in [0.15, 0.2) is 0 Å². The maximum Gasteiger partial charge on any atom is 0.255 e. The standard InChI is InChI=1S/C9H15NO3/c1-3-7(4-2)10-8(11)5-13-6-9(10)12/h7H,3-6H2,1-2H3. The number of ether oxygens (including phenoxy) is 1. The van der Waals surface area contributed by atoms with Crippen molar-refractivity contribution < 1.29 is 14.3 Å². The average molecular weight is 185 g/mol. The summed E-state index contributed by atoms with van der Waals surface area (Å²) in [5, 5.41) is 0. The highest BCUT2D eigenvalue weighted by molar-refractivity contribution is 5.98. The Morgan fingerprint density at radius 2 is 1.69 bits per heavy atom. The Balaban J connectivity index is 2.72. The molecule has 0 aromatic carbocycles. The molecule has 1 rings (SSSR count). The van der Waals surface area contributed by atoms with Crippen LogP contribution in [-0.2, 0) is 14.3 Å². The van der Waals surface area contributed by atoms with E-state index in [0.717, 1.165) is 12.8 Å². The van der Waals surface area contributed by atoms with Gasteiger partial charge in [0.05, 0.1) is 0 Å². The lowest BCUT2D eigenvalue weighted by atomic mass is 10.1. The summed E-state index contributed by atoms with van der Waals surface area (Å²) < 4.78 is 4.82. The van der Waals surface area contributed by atoms with Crippen LogP contribution in [0.4, 0.5) is 0 Å². The van der Waals surface area contributed by atoms with E-state index in [2.05, 4.69) is 0 Å². The molecule has 0 bridgehead atoms. The molecule has 1 aliphatic heterocycles. The van der Waals surface area contributed by atoms with E-state index in [1.54, 1.807) is 0 Å². The van der Waals surface area contributed by atoms with Crippen molar-refractivity contribution in [2.24, 2.45) is 0 Å². The van der Waals surface area contributed by atoms with Gasteiger partial charge in [0, 0.05) is 6.04 Å². The van der Waals surface area contributed by atoms with E-state index in [-0.39, 0.29) is 31.1 Å². The molecule has 13 heavy (non-hydrogen) atoms. The van der Waals surface area contributed by atoms with Crippen molar-refractivity contribution in [1.29, 1.82) is 0 Å². The van der Waals surface area contributed by atoms with Gasteiger partial charge in [0.15, 0.2) is 0 Å². The van der Waals surface area contributed by atoms with E-state index < -0.39 is 0 Å². The second kappa shape index (κ2) is 4.37. The number of hydrogen-bond donors (Lipinski definition) is 0. The molecule has 4 nitrogen and oxygen atoms in total. The molecule has 0 atom stereocenters. The third-order valence-electron chi connectivity index (χ3n) is 2.30. The molecular weight excluding hydrogens is 170 g/mol. The number of hydrogen-bond acceptors (Lipinski definition) is 3. The molecule has 0 radical (unpaired) electrons. The second-order valence-corrected chi connectivity index (χ2v) is 3.12. The van der Waals surface area contributed by atoms with Crippen molar-refractivity contribution in [3.05, 3.63) is 0 Å². The van der Waals surface area contributed by atoms with Crippen molar-refractivity contribution in [2.45, 2.75) is 32.7 Å². The van der Waals surface area contributed by atoms with Crippen molar-refractivity contribution in [2.75, 3.05) is 13.2 Å². The molecule has 1 heterocycles. The van der Waals surface area contributed by atoms with Crippen LogP contribution in [0, 0.1) is 0 Å². The topological polar surface area (TPSA) is 46.6 Å². The highest BCUT2D eigenvalue weighted by Gasteiger charge is 2.31. The summed E-state index contributed by atoms with van der Waals surface area (Å²) in [4.78, 5) is 24.0. The molecule has 1 aliphatic rings. The molecule has 1 fully saturated rings. The Bertz CT molecular complexity index is 195. The predicted molar refractivity (Wildman–Crippen MR) is 47.0 cm³/mol. The van der Waals surface area contributed by atoms with Gasteiger partial charge in [-0.25, -0.2) is 0 Å². The summed E-state index contributed by atoms with van der Waals surface area (Å²) in [7, 11) is 0. The van der Waals surface area contributed by atoms with E-state index in [0.29, 0.717) is 0 Å². The fourth-order valence-electron chi connectivity index (χ4n) is 1.56. The van der Waals surface area contributed by atoms with Crippen molar-refractivity contribution in [1.82, 2.24) is 4.90 Å². The zero-order chi connectivity index (χ0) is 9.84. The maximum absolute atomic E-state index is 11.3. The summed E-state index contributed by atoms with van der Waals surface area (Å²) in [6.45, 7) is 4.04. The molecule has 0 unspecified atom stereocenters. The lowest BCUT2D eigenvalue weighted by Gasteiger charge is -2.31. The van der Waals surface area contributed by atoms with Crippen LogP contribution in [0.2, 0.25) is 0 Å². The first kappa shape index (κ1) is 10.2. The highest BCUT2D eigenvalue weighted by atomic mass is 16.5. The quantitative estimate of drug-likeness (QED) is 0.603. The smallest absolute Gasteiger partial charge is 0.255 e. The molecule has 0 aromatic rings. The molecule has 0 spiro atoms. The average Bonchev–Trinajstić information content (AvgIpc) is 2.11. The zero-order valence-corrected chi connectivity index (χ0v) is 8.08. The van der Waals surface area contributed by atoms with Crippen LogP contribution in [0.25, 0.3) is 0 Å². The van der Waals surface area contributed by atoms with Gasteiger partial charge < -0.3 is 4.74 Å². The van der Waals surface area contributed by atoms with E-state index >= 15 is 0 Å². The second-order valence-electron chi connectivity index (χ2n) is 3.12. The van der Waals surface area contributed by atoms with Gasteiger partial charge >= 0.3 is 0 Å². The number of carbonyl (C=O) groups excluding carboxylic acids is 2. The third kappa shape index (κ3) is 2.06. The Kier molecular flexibility index (Phi) is 3.42. The van der Waals surface area contributed by atoms with Gasteiger partial charge in [-0.05, 0) is 12.8 Å². The minimum atomic E-state index is -0.204. The van der Waals surface area contributed by atoms with Crippen molar-refractivity contribution in [3.8, 4) is 0 Å². The fourth-order valence-corrected chi connectivity index (χ4v) is 1.56. The minimum absolute atomic E-state index is 0.0439. The van der Waals surface area contributed by atoms with Crippen LogP contribution in [0.5, 0.6) is 0 Å². The van der Waals surface area contributed by atoms with Gasteiger partial charge in [0.2, 0.25) is 0 Å². The summed E-state index contributed by atoms with van der Waals surface area (Å²) in [5.74, 6) is -0.407. The van der Waals surface area contributed by atoms with E-state index in [1.807, 2.05) is 13.8 Å². The lowest BCUT2D eigenvalue weighted by molar-refractivity contribution is -0.161. The van der Waals surface area contributed by atoms with E-state index in [1.165, 1.54) is 4.90 Å². The maximum atomic E-state index is 11.3. The largest absolute Gasteiger partial charge is 0.362 e. The van der Waals surface area contributed by atoms with Gasteiger partial charge in [0.25, 0.3) is 11.8 Å². The number of nitrogens with zero attached hydrogens (tertiary/aromatic N) is 1. The zero-order valence-electron chi connectivity index (χ0n) is 8.08. The Labute approximate surface area is 77.8 Å². The number of amides is 2. The van der Waals surface area contributed by atoms with Gasteiger partial charge in [-0.15, -0.1) is 0 Å². The molecule has 0 aliphatic carbocycles. The van der Waals surface area contributed by atoms with Gasteiger partial charge in [-0.1, -0.05) is 13.8 Å². The first-order valence-electron chi connectivity index (χ1n) is 4.63. The fraction of sp³-hybridized carbons (Fsp3) is 0.778. The van der Waals surface area contributed by atoms with Crippen LogP contribution >= 0.6 is 0 Å². The van der Waals surface area contributed by atoms with E-state index in [9.17, 15) is 9.59 Å². The van der Waals surface area contributed by atoms with Crippen LogP contribution in [0.1, 0.15) is 26.7 Å². The van der Waals surface area contributed by atoms with Gasteiger partial charge in [0.1, 0.15) is 13.2 Å². The molecule has 74 valence electrons. The van der Waals surface area contributed by atoms with Gasteiger partial charge in [-0.3, -0.25) is 14.5 Å². The predicted octanol–water partition coefficient (Wildman–Crippen LogP) is 0.560. The monoisotopic (exact) mass is 185 g/mol. The summed E-state index contributed by atoms with van der Waals surface area (Å²) in [5.41, 5.74) is 0. The number of rotatable bonds is 3. The van der Waals surface area contributed by atoms with Crippen LogP contribution < -0.4 is 0 Å².